The van der Waals surface area contributed by atoms with Gasteiger partial charge in [0.1, 0.15) is 11.4 Å². The second kappa shape index (κ2) is 5.72. The van der Waals surface area contributed by atoms with Gasteiger partial charge in [-0.2, -0.15) is 5.26 Å². The minimum absolute atomic E-state index is 0.335. The van der Waals surface area contributed by atoms with Gasteiger partial charge in [0.15, 0.2) is 0 Å². The smallest absolute Gasteiger partial charge is 0.419 e. The van der Waals surface area contributed by atoms with Gasteiger partial charge in [-0.15, -0.1) is 0 Å². The third-order valence-corrected chi connectivity index (χ3v) is 3.29. The van der Waals surface area contributed by atoms with E-state index in [1.54, 1.807) is 32.4 Å². The predicted molar refractivity (Wildman–Crippen MR) is 84.2 cm³/mol. The van der Waals surface area contributed by atoms with Crippen molar-refractivity contribution in [2.24, 2.45) is 0 Å². The minimum Gasteiger partial charge on any atom is -0.497 e. The number of benzene rings is 1. The van der Waals surface area contributed by atoms with Gasteiger partial charge < -0.3 is 9.47 Å². The Hall–Kier alpha value is -2.48. The van der Waals surface area contributed by atoms with Crippen molar-refractivity contribution in [2.45, 2.75) is 39.2 Å². The van der Waals surface area contributed by atoms with Gasteiger partial charge in [0.05, 0.1) is 24.6 Å². The van der Waals surface area contributed by atoms with Crippen LogP contribution in [0.15, 0.2) is 24.4 Å². The lowest BCUT2D eigenvalue weighted by Gasteiger charge is -2.19. The first-order valence-corrected chi connectivity index (χ1v) is 7.09. The van der Waals surface area contributed by atoms with Crippen LogP contribution in [0.3, 0.4) is 0 Å². The third-order valence-electron chi connectivity index (χ3n) is 3.29. The van der Waals surface area contributed by atoms with Gasteiger partial charge in [0.2, 0.25) is 0 Å². The van der Waals surface area contributed by atoms with Crippen LogP contribution >= 0.6 is 0 Å². The molecule has 0 aliphatic carbocycles. The number of nitriles is 1. The van der Waals surface area contributed by atoms with Crippen LogP contribution in [0.2, 0.25) is 0 Å². The first-order valence-electron chi connectivity index (χ1n) is 7.09. The number of carbonyl (C=O) groups is 1. The summed E-state index contributed by atoms with van der Waals surface area (Å²) in [6.07, 6.45) is 1.21. The van der Waals surface area contributed by atoms with Gasteiger partial charge in [0.25, 0.3) is 0 Å². The summed E-state index contributed by atoms with van der Waals surface area (Å²) in [5.41, 5.74) is 0.899. The van der Waals surface area contributed by atoms with Crippen LogP contribution < -0.4 is 4.74 Å². The lowest BCUT2D eigenvalue weighted by Crippen LogP contribution is -2.26. The Kier molecular flexibility index (Phi) is 4.14. The van der Waals surface area contributed by atoms with Crippen LogP contribution in [-0.2, 0) is 4.74 Å². The molecule has 1 unspecified atom stereocenters. The molecule has 1 atom stereocenters. The molecule has 116 valence electrons. The number of hydrogen-bond acceptors (Lipinski definition) is 4. The van der Waals surface area contributed by atoms with Crippen molar-refractivity contribution in [3.05, 3.63) is 30.0 Å². The van der Waals surface area contributed by atoms with Crippen molar-refractivity contribution in [3.8, 4) is 11.8 Å². The monoisotopic (exact) mass is 300 g/mol. The molecular formula is C17H20N2O3. The van der Waals surface area contributed by atoms with E-state index in [4.69, 9.17) is 9.47 Å². The lowest BCUT2D eigenvalue weighted by molar-refractivity contribution is 0.0544. The molecule has 1 heterocycles. The Morgan fingerprint density at radius 1 is 1.36 bits per heavy atom. The fraction of sp³-hybridized carbons (Fsp3) is 0.412. The molecule has 0 radical (unpaired) electrons. The first kappa shape index (κ1) is 15.9. The fourth-order valence-corrected chi connectivity index (χ4v) is 2.24. The molecule has 22 heavy (non-hydrogen) atoms. The molecule has 0 amide bonds. The molecule has 5 heteroatoms. The van der Waals surface area contributed by atoms with E-state index in [1.807, 2.05) is 26.8 Å². The molecule has 0 aliphatic rings. The van der Waals surface area contributed by atoms with Crippen LogP contribution in [0.1, 0.15) is 39.2 Å². The standard InChI is InChI=1S/C17H20N2O3/c1-11(9-18)14-10-19(16(20)22-17(2,3)4)15-7-6-12(21-5)8-13(14)15/h6-8,10-11H,1-5H3. The molecule has 0 saturated carbocycles. The molecule has 0 bridgehead atoms. The molecule has 5 nitrogen and oxygen atoms in total. The third kappa shape index (κ3) is 3.06. The second-order valence-electron chi connectivity index (χ2n) is 6.17. The maximum atomic E-state index is 12.4. The van der Waals surface area contributed by atoms with Gasteiger partial charge >= 0.3 is 6.09 Å². The Morgan fingerprint density at radius 3 is 2.59 bits per heavy atom. The SMILES string of the molecule is COc1ccc2c(c1)c(C(C)C#N)cn2C(=O)OC(C)(C)C. The number of hydrogen-bond donors (Lipinski definition) is 0. The number of fused-ring (bicyclic) bond motifs is 1. The van der Waals surface area contributed by atoms with Crippen molar-refractivity contribution < 1.29 is 14.3 Å². The van der Waals surface area contributed by atoms with Crippen LogP contribution in [0.5, 0.6) is 5.75 Å². The summed E-state index contributed by atoms with van der Waals surface area (Å²) in [5.74, 6) is 0.346. The van der Waals surface area contributed by atoms with Crippen LogP contribution in [0, 0.1) is 11.3 Å². The lowest BCUT2D eigenvalue weighted by atomic mass is 10.0. The van der Waals surface area contributed by atoms with Gasteiger partial charge in [-0.05, 0) is 51.5 Å². The summed E-state index contributed by atoms with van der Waals surface area (Å²) in [4.78, 5) is 12.4. The van der Waals surface area contributed by atoms with Crippen LogP contribution in [0.25, 0.3) is 10.9 Å². The van der Waals surface area contributed by atoms with Crippen LogP contribution in [-0.4, -0.2) is 23.4 Å². The number of aromatic nitrogens is 1. The number of carbonyl (C=O) groups excluding carboxylic acids is 1. The van der Waals surface area contributed by atoms with Crippen molar-refractivity contribution in [3.63, 3.8) is 0 Å². The average molecular weight is 300 g/mol. The summed E-state index contributed by atoms with van der Waals surface area (Å²) in [7, 11) is 1.58. The number of rotatable bonds is 2. The quantitative estimate of drug-likeness (QED) is 0.839. The zero-order valence-electron chi connectivity index (χ0n) is 13.5. The maximum absolute atomic E-state index is 12.4. The Bertz CT molecular complexity index is 748. The molecular weight excluding hydrogens is 280 g/mol. The molecule has 0 fully saturated rings. The highest BCUT2D eigenvalue weighted by Crippen LogP contribution is 2.31. The molecule has 0 N–H and O–H groups in total. The summed E-state index contributed by atoms with van der Waals surface area (Å²) in [6, 6.07) is 7.62. The summed E-state index contributed by atoms with van der Waals surface area (Å²) in [6.45, 7) is 7.25. The molecule has 0 saturated heterocycles. The number of ether oxygens (including phenoxy) is 2. The number of nitrogens with zero attached hydrogens (tertiary/aromatic N) is 2. The molecule has 2 rings (SSSR count). The first-order chi connectivity index (χ1) is 10.3. The van der Waals surface area contributed by atoms with E-state index in [0.717, 1.165) is 10.9 Å². The van der Waals surface area contributed by atoms with E-state index >= 15 is 0 Å². The highest BCUT2D eigenvalue weighted by Gasteiger charge is 2.22. The highest BCUT2D eigenvalue weighted by molar-refractivity contribution is 5.93. The maximum Gasteiger partial charge on any atom is 0.419 e. The van der Waals surface area contributed by atoms with E-state index in [0.29, 0.717) is 11.3 Å². The Balaban J connectivity index is 2.61. The van der Waals surface area contributed by atoms with Gasteiger partial charge in [-0.3, -0.25) is 4.57 Å². The van der Waals surface area contributed by atoms with E-state index in [2.05, 4.69) is 6.07 Å². The topological polar surface area (TPSA) is 64.2 Å². The van der Waals surface area contributed by atoms with Crippen molar-refractivity contribution >= 4 is 17.0 Å². The largest absolute Gasteiger partial charge is 0.497 e. The van der Waals surface area contributed by atoms with Crippen molar-refractivity contribution in [1.82, 2.24) is 4.57 Å². The highest BCUT2D eigenvalue weighted by atomic mass is 16.6. The molecule has 0 aliphatic heterocycles. The van der Waals surface area contributed by atoms with Crippen molar-refractivity contribution in [1.29, 1.82) is 5.26 Å². The predicted octanol–water partition coefficient (Wildman–Crippen LogP) is 4.06. The van der Waals surface area contributed by atoms with Gasteiger partial charge in [0, 0.05) is 11.6 Å². The Morgan fingerprint density at radius 2 is 2.05 bits per heavy atom. The Labute approximate surface area is 130 Å². The number of methoxy groups -OCH3 is 1. The second-order valence-corrected chi connectivity index (χ2v) is 6.17. The normalized spacial score (nSPS) is 12.7. The zero-order chi connectivity index (χ0) is 16.5. The molecule has 1 aromatic carbocycles. The van der Waals surface area contributed by atoms with Crippen LogP contribution in [0.4, 0.5) is 4.79 Å². The molecule has 2 aromatic rings. The molecule has 0 spiro atoms. The van der Waals surface area contributed by atoms with Crippen molar-refractivity contribution in [2.75, 3.05) is 7.11 Å². The minimum atomic E-state index is -0.582. The zero-order valence-corrected chi connectivity index (χ0v) is 13.5. The van der Waals surface area contributed by atoms with E-state index < -0.39 is 11.7 Å². The van der Waals surface area contributed by atoms with E-state index in [9.17, 15) is 10.1 Å². The fourth-order valence-electron chi connectivity index (χ4n) is 2.24. The summed E-state index contributed by atoms with van der Waals surface area (Å²) in [5, 5.41) is 10.0. The van der Waals surface area contributed by atoms with E-state index in [1.165, 1.54) is 4.57 Å². The molecule has 1 aromatic heterocycles. The van der Waals surface area contributed by atoms with Gasteiger partial charge in [-0.1, -0.05) is 0 Å². The summed E-state index contributed by atoms with van der Waals surface area (Å²) >= 11 is 0. The average Bonchev–Trinajstić information content (AvgIpc) is 2.83. The summed E-state index contributed by atoms with van der Waals surface area (Å²) < 4.78 is 12.1. The van der Waals surface area contributed by atoms with Gasteiger partial charge in [-0.25, -0.2) is 4.79 Å². The van der Waals surface area contributed by atoms with E-state index in [-0.39, 0.29) is 5.92 Å².